The van der Waals surface area contributed by atoms with E-state index in [1.807, 2.05) is 37.5 Å². The average molecular weight is 273 g/mol. The summed E-state index contributed by atoms with van der Waals surface area (Å²) in [6.45, 7) is 3.00. The van der Waals surface area contributed by atoms with Gasteiger partial charge >= 0.3 is 0 Å². The van der Waals surface area contributed by atoms with Crippen LogP contribution in [0, 0.1) is 0 Å². The number of nitrogens with one attached hydrogen (secondary N) is 2. The number of amides is 1. The molecule has 1 aliphatic rings. The monoisotopic (exact) mass is 273 g/mol. The van der Waals surface area contributed by atoms with E-state index >= 15 is 0 Å². The van der Waals surface area contributed by atoms with Gasteiger partial charge in [0.1, 0.15) is 0 Å². The number of carbonyl (C=O) groups excluding carboxylic acids is 1. The van der Waals surface area contributed by atoms with E-state index in [-0.39, 0.29) is 12.0 Å². The Balaban J connectivity index is 1.75. The summed E-state index contributed by atoms with van der Waals surface area (Å²) >= 11 is 0. The quantitative estimate of drug-likeness (QED) is 0.884. The lowest BCUT2D eigenvalue weighted by Gasteiger charge is -2.28. The lowest BCUT2D eigenvalue weighted by atomic mass is 10.1. The molecular weight excluding hydrogens is 254 g/mol. The van der Waals surface area contributed by atoms with E-state index in [4.69, 9.17) is 4.74 Å². The standard InChI is InChI=1S/C15H19N3O2/c1-18(10-11-9-16-7-8-20-11)15(19)13-3-2-4-14-12(13)5-6-17-14/h2-6,11,16-17H,7-10H2,1H3. The van der Waals surface area contributed by atoms with Crippen LogP contribution in [0.4, 0.5) is 0 Å². The second kappa shape index (κ2) is 5.64. The number of fused-ring (bicyclic) bond motifs is 1. The number of morpholine rings is 1. The molecule has 1 fully saturated rings. The van der Waals surface area contributed by atoms with Crippen LogP contribution >= 0.6 is 0 Å². The van der Waals surface area contributed by atoms with Gasteiger partial charge in [-0.3, -0.25) is 4.79 Å². The average Bonchev–Trinajstić information content (AvgIpc) is 2.96. The molecule has 1 aromatic carbocycles. The summed E-state index contributed by atoms with van der Waals surface area (Å²) < 4.78 is 5.64. The highest BCUT2D eigenvalue weighted by molar-refractivity contribution is 6.06. The Bertz CT molecular complexity index is 602. The minimum atomic E-state index is 0.0318. The molecule has 5 heteroatoms. The van der Waals surface area contributed by atoms with Crippen LogP contribution in [0.15, 0.2) is 30.5 Å². The Morgan fingerprint density at radius 1 is 1.45 bits per heavy atom. The molecule has 2 heterocycles. The molecule has 106 valence electrons. The van der Waals surface area contributed by atoms with Crippen molar-refractivity contribution in [1.29, 1.82) is 0 Å². The first-order valence-corrected chi connectivity index (χ1v) is 6.89. The van der Waals surface area contributed by atoms with Crippen LogP contribution in [0.3, 0.4) is 0 Å². The predicted molar refractivity (Wildman–Crippen MR) is 77.9 cm³/mol. The Morgan fingerprint density at radius 2 is 2.35 bits per heavy atom. The van der Waals surface area contributed by atoms with Gasteiger partial charge < -0.3 is 19.9 Å². The van der Waals surface area contributed by atoms with Gasteiger partial charge in [0.2, 0.25) is 0 Å². The van der Waals surface area contributed by atoms with Gasteiger partial charge in [-0.05, 0) is 18.2 Å². The maximum Gasteiger partial charge on any atom is 0.254 e. The molecule has 2 N–H and O–H groups in total. The highest BCUT2D eigenvalue weighted by Crippen LogP contribution is 2.19. The fourth-order valence-electron chi connectivity index (χ4n) is 2.60. The van der Waals surface area contributed by atoms with Gasteiger partial charge in [-0.25, -0.2) is 0 Å². The van der Waals surface area contributed by atoms with Crippen molar-refractivity contribution in [3.63, 3.8) is 0 Å². The zero-order valence-corrected chi connectivity index (χ0v) is 11.6. The van der Waals surface area contributed by atoms with Crippen LogP contribution in [0.2, 0.25) is 0 Å². The van der Waals surface area contributed by atoms with Gasteiger partial charge in [-0.2, -0.15) is 0 Å². The third kappa shape index (κ3) is 2.55. The van der Waals surface area contributed by atoms with Crippen LogP contribution in [-0.2, 0) is 4.74 Å². The zero-order chi connectivity index (χ0) is 13.9. The van der Waals surface area contributed by atoms with Crippen molar-refractivity contribution in [2.24, 2.45) is 0 Å². The van der Waals surface area contributed by atoms with E-state index in [0.29, 0.717) is 13.2 Å². The maximum absolute atomic E-state index is 12.6. The minimum Gasteiger partial charge on any atom is -0.374 e. The Hall–Kier alpha value is -1.85. The molecule has 1 aromatic heterocycles. The van der Waals surface area contributed by atoms with E-state index in [0.717, 1.165) is 29.6 Å². The van der Waals surface area contributed by atoms with E-state index in [2.05, 4.69) is 10.3 Å². The summed E-state index contributed by atoms with van der Waals surface area (Å²) in [5.74, 6) is 0.0318. The van der Waals surface area contributed by atoms with Gasteiger partial charge in [0.15, 0.2) is 0 Å². The first kappa shape index (κ1) is 13.1. The Morgan fingerprint density at radius 3 is 3.15 bits per heavy atom. The molecule has 1 amide bonds. The smallest absolute Gasteiger partial charge is 0.254 e. The van der Waals surface area contributed by atoms with Gasteiger partial charge in [-0.1, -0.05) is 6.07 Å². The molecule has 1 saturated heterocycles. The molecule has 1 atom stereocenters. The largest absolute Gasteiger partial charge is 0.374 e. The van der Waals surface area contributed by atoms with Crippen molar-refractivity contribution in [3.8, 4) is 0 Å². The molecule has 0 aliphatic carbocycles. The number of nitrogens with zero attached hydrogens (tertiary/aromatic N) is 1. The minimum absolute atomic E-state index is 0.0318. The zero-order valence-electron chi connectivity index (χ0n) is 11.6. The number of aromatic amines is 1. The number of ether oxygens (including phenoxy) is 1. The maximum atomic E-state index is 12.6. The molecule has 0 radical (unpaired) electrons. The van der Waals surface area contributed by atoms with Crippen molar-refractivity contribution in [2.45, 2.75) is 6.10 Å². The number of likely N-dealkylation sites (N-methyl/N-ethyl adjacent to an activating group) is 1. The summed E-state index contributed by atoms with van der Waals surface area (Å²) in [7, 11) is 1.83. The van der Waals surface area contributed by atoms with Crippen LogP contribution in [-0.4, -0.2) is 55.2 Å². The van der Waals surface area contributed by atoms with Gasteiger partial charge in [0, 0.05) is 49.3 Å². The van der Waals surface area contributed by atoms with Gasteiger partial charge in [0.25, 0.3) is 5.91 Å². The number of aromatic nitrogens is 1. The fourth-order valence-corrected chi connectivity index (χ4v) is 2.60. The molecule has 0 spiro atoms. The molecule has 3 rings (SSSR count). The summed E-state index contributed by atoms with van der Waals surface area (Å²) in [5, 5.41) is 4.24. The van der Waals surface area contributed by atoms with Gasteiger partial charge in [0.05, 0.1) is 12.7 Å². The second-order valence-corrected chi connectivity index (χ2v) is 5.13. The topological polar surface area (TPSA) is 57.4 Å². The first-order valence-electron chi connectivity index (χ1n) is 6.89. The van der Waals surface area contributed by atoms with E-state index in [1.54, 1.807) is 4.90 Å². The predicted octanol–water partition coefficient (Wildman–Crippen LogP) is 1.23. The summed E-state index contributed by atoms with van der Waals surface area (Å²) in [6, 6.07) is 7.68. The van der Waals surface area contributed by atoms with Crippen LogP contribution in [0.25, 0.3) is 10.9 Å². The third-order valence-corrected chi connectivity index (χ3v) is 3.65. The molecular formula is C15H19N3O2. The number of rotatable bonds is 3. The summed E-state index contributed by atoms with van der Waals surface area (Å²) in [6.07, 6.45) is 1.93. The first-order chi connectivity index (χ1) is 9.75. The van der Waals surface area contributed by atoms with Gasteiger partial charge in [-0.15, -0.1) is 0 Å². The second-order valence-electron chi connectivity index (χ2n) is 5.13. The number of H-pyrrole nitrogens is 1. The van der Waals surface area contributed by atoms with Crippen LogP contribution < -0.4 is 5.32 Å². The lowest BCUT2D eigenvalue weighted by Crippen LogP contribution is -2.45. The molecule has 2 aromatic rings. The summed E-state index contributed by atoms with van der Waals surface area (Å²) in [4.78, 5) is 17.4. The number of carbonyl (C=O) groups is 1. The molecule has 1 unspecified atom stereocenters. The van der Waals surface area contributed by atoms with E-state index in [1.165, 1.54) is 0 Å². The van der Waals surface area contributed by atoms with Crippen molar-refractivity contribution in [1.82, 2.24) is 15.2 Å². The van der Waals surface area contributed by atoms with E-state index in [9.17, 15) is 4.79 Å². The summed E-state index contributed by atoms with van der Waals surface area (Å²) in [5.41, 5.74) is 1.72. The lowest BCUT2D eigenvalue weighted by molar-refractivity contribution is 0.0104. The number of benzene rings is 1. The van der Waals surface area contributed by atoms with Crippen molar-refractivity contribution in [3.05, 3.63) is 36.0 Å². The SMILES string of the molecule is CN(CC1CNCCO1)C(=O)c1cccc2[nH]ccc12. The van der Waals surface area contributed by atoms with Crippen LogP contribution in [0.1, 0.15) is 10.4 Å². The molecule has 0 saturated carbocycles. The Labute approximate surface area is 117 Å². The highest BCUT2D eigenvalue weighted by atomic mass is 16.5. The number of hydrogen-bond acceptors (Lipinski definition) is 3. The molecule has 20 heavy (non-hydrogen) atoms. The Kier molecular flexibility index (Phi) is 3.71. The third-order valence-electron chi connectivity index (χ3n) is 3.65. The van der Waals surface area contributed by atoms with Crippen LogP contribution in [0.5, 0.6) is 0 Å². The fraction of sp³-hybridized carbons (Fsp3) is 0.400. The van der Waals surface area contributed by atoms with Crippen molar-refractivity contribution >= 4 is 16.8 Å². The van der Waals surface area contributed by atoms with Crippen molar-refractivity contribution < 1.29 is 9.53 Å². The van der Waals surface area contributed by atoms with Crippen molar-refractivity contribution in [2.75, 3.05) is 33.3 Å². The molecule has 0 bridgehead atoms. The molecule has 1 aliphatic heterocycles. The van der Waals surface area contributed by atoms with E-state index < -0.39 is 0 Å². The number of hydrogen-bond donors (Lipinski definition) is 2. The molecule has 5 nitrogen and oxygen atoms in total. The highest BCUT2D eigenvalue weighted by Gasteiger charge is 2.20. The normalized spacial score (nSPS) is 19.1.